The molecule has 252 valence electrons. The molecule has 1 unspecified atom stereocenters. The Morgan fingerprint density at radius 3 is 1.96 bits per heavy atom. The first kappa shape index (κ1) is 31.9. The number of allylic oxidation sites excluding steroid dienone is 4. The van der Waals surface area contributed by atoms with E-state index < -0.39 is 0 Å². The highest BCUT2D eigenvalue weighted by Gasteiger charge is 2.42. The van der Waals surface area contributed by atoms with Gasteiger partial charge in [-0.1, -0.05) is 121 Å². The summed E-state index contributed by atoms with van der Waals surface area (Å²) >= 11 is 0. The lowest BCUT2D eigenvalue weighted by molar-refractivity contribution is 0.247. The van der Waals surface area contributed by atoms with Gasteiger partial charge in [-0.05, 0) is 146 Å². The fraction of sp³-hybridized carbons (Fsp3) is 0.224. The average molecular weight is 665 g/mol. The first-order valence-electron chi connectivity index (χ1n) is 18.6. The van der Waals surface area contributed by atoms with Crippen LogP contribution in [-0.4, -0.2) is 23.4 Å². The smallest absolute Gasteiger partial charge is 0.0431 e. The van der Waals surface area contributed by atoms with E-state index in [1.807, 2.05) is 0 Å². The Kier molecular flexibility index (Phi) is 7.91. The number of benzene rings is 6. The fourth-order valence-electron chi connectivity index (χ4n) is 9.76. The Hall–Kier alpha value is -5.02. The van der Waals surface area contributed by atoms with E-state index in [-0.39, 0.29) is 18.6 Å². The molecule has 3 aliphatic carbocycles. The van der Waals surface area contributed by atoms with Gasteiger partial charge in [0.1, 0.15) is 0 Å². The van der Waals surface area contributed by atoms with Crippen LogP contribution in [0.2, 0.25) is 0 Å². The topological polar surface area (TPSA) is 40.5 Å². The van der Waals surface area contributed by atoms with Crippen LogP contribution in [-0.2, 0) is 5.41 Å². The summed E-state index contributed by atoms with van der Waals surface area (Å²) in [5, 5.41) is 22.5. The van der Waals surface area contributed by atoms with Gasteiger partial charge in [-0.3, -0.25) is 0 Å². The Morgan fingerprint density at radius 1 is 0.588 bits per heavy atom. The van der Waals surface area contributed by atoms with Gasteiger partial charge in [0.25, 0.3) is 0 Å². The van der Waals surface area contributed by atoms with E-state index in [9.17, 15) is 10.2 Å². The number of aliphatic hydroxyl groups is 2. The number of fused-ring (bicyclic) bond motifs is 6. The summed E-state index contributed by atoms with van der Waals surface area (Å²) in [6.07, 6.45) is 11.1. The van der Waals surface area contributed by atoms with Crippen LogP contribution in [0.1, 0.15) is 71.4 Å². The SMILES string of the molecule is Cc1cc(-c2ccc3c(c2)C(CCCO)(CCCO)c2ccccc2-3)ccc1-c1ccc(-c2ccc3c4c(cccc24)C2=CC=CCC23)cc1C. The van der Waals surface area contributed by atoms with Crippen molar-refractivity contribution in [2.75, 3.05) is 13.2 Å². The molecule has 6 aromatic rings. The molecule has 2 N–H and O–H groups in total. The molecule has 0 aliphatic heterocycles. The zero-order chi connectivity index (χ0) is 34.7. The second kappa shape index (κ2) is 12.6. The standard InChI is InChI=1S/C49H44O2/c1-31-28-33(34-17-21-42-41-12-5-6-15-46(41)49(24-8-26-50,25-9-27-51)47(42)30-34)16-19-36(31)37-20-18-35(29-32(37)2)38-22-23-45-40-11-4-3-10-39(40)44-14-7-13-43(38)48(44)45/h3-7,10,12-23,28-30,40,50-51H,8-9,11,24-27H2,1-2H3. The Bertz CT molecular complexity index is 2400. The van der Waals surface area contributed by atoms with Gasteiger partial charge in [0, 0.05) is 24.5 Å². The van der Waals surface area contributed by atoms with Crippen LogP contribution in [0, 0.1) is 13.8 Å². The molecule has 1 atom stereocenters. The van der Waals surface area contributed by atoms with Crippen LogP contribution >= 0.6 is 0 Å². The predicted molar refractivity (Wildman–Crippen MR) is 213 cm³/mol. The Labute approximate surface area is 301 Å². The van der Waals surface area contributed by atoms with Crippen molar-refractivity contribution in [2.24, 2.45) is 0 Å². The van der Waals surface area contributed by atoms with Gasteiger partial charge in [-0.15, -0.1) is 0 Å². The molecule has 0 spiro atoms. The van der Waals surface area contributed by atoms with E-state index in [1.165, 1.54) is 94.2 Å². The summed E-state index contributed by atoms with van der Waals surface area (Å²) in [6.45, 7) is 4.81. The second-order valence-electron chi connectivity index (χ2n) is 14.9. The van der Waals surface area contributed by atoms with Crippen LogP contribution in [0.25, 0.3) is 60.9 Å². The summed E-state index contributed by atoms with van der Waals surface area (Å²) in [5.41, 5.74) is 19.4. The lowest BCUT2D eigenvalue weighted by Crippen LogP contribution is -2.26. The van der Waals surface area contributed by atoms with Crippen molar-refractivity contribution in [3.05, 3.63) is 161 Å². The first-order valence-corrected chi connectivity index (χ1v) is 18.6. The molecule has 0 saturated heterocycles. The van der Waals surface area contributed by atoms with Crippen molar-refractivity contribution in [3.8, 4) is 44.5 Å². The molecular weight excluding hydrogens is 621 g/mol. The van der Waals surface area contributed by atoms with E-state index in [0.717, 1.165) is 32.1 Å². The summed E-state index contributed by atoms with van der Waals surface area (Å²) in [6, 6.07) is 41.1. The summed E-state index contributed by atoms with van der Waals surface area (Å²) in [4.78, 5) is 0. The first-order chi connectivity index (χ1) is 25.0. The molecule has 0 fully saturated rings. The van der Waals surface area contributed by atoms with Gasteiger partial charge < -0.3 is 10.2 Å². The van der Waals surface area contributed by atoms with Crippen LogP contribution in [0.3, 0.4) is 0 Å². The molecule has 0 aromatic heterocycles. The van der Waals surface area contributed by atoms with Gasteiger partial charge in [0.2, 0.25) is 0 Å². The van der Waals surface area contributed by atoms with Gasteiger partial charge in [0.15, 0.2) is 0 Å². The van der Waals surface area contributed by atoms with Gasteiger partial charge in [0.05, 0.1) is 0 Å². The minimum Gasteiger partial charge on any atom is -0.396 e. The maximum absolute atomic E-state index is 9.89. The average Bonchev–Trinajstić information content (AvgIpc) is 3.64. The zero-order valence-corrected chi connectivity index (χ0v) is 29.5. The Morgan fingerprint density at radius 2 is 1.22 bits per heavy atom. The number of hydrogen-bond acceptors (Lipinski definition) is 2. The molecule has 0 amide bonds. The molecule has 0 saturated carbocycles. The van der Waals surface area contributed by atoms with Crippen molar-refractivity contribution < 1.29 is 10.2 Å². The highest BCUT2D eigenvalue weighted by atomic mass is 16.3. The Balaban J connectivity index is 1.06. The number of hydrogen-bond donors (Lipinski definition) is 2. The molecule has 2 heteroatoms. The minimum atomic E-state index is -0.209. The highest BCUT2D eigenvalue weighted by molar-refractivity contribution is 6.09. The van der Waals surface area contributed by atoms with E-state index in [0.29, 0.717) is 5.92 Å². The predicted octanol–water partition coefficient (Wildman–Crippen LogP) is 11.7. The summed E-state index contributed by atoms with van der Waals surface area (Å²) in [5.74, 6) is 0.479. The van der Waals surface area contributed by atoms with Crippen molar-refractivity contribution in [1.82, 2.24) is 0 Å². The largest absolute Gasteiger partial charge is 0.396 e. The molecule has 0 heterocycles. The summed E-state index contributed by atoms with van der Waals surface area (Å²) < 4.78 is 0. The van der Waals surface area contributed by atoms with Crippen LogP contribution in [0.15, 0.2) is 127 Å². The quantitative estimate of drug-likeness (QED) is 0.161. The number of aliphatic hydroxyl groups excluding tert-OH is 2. The monoisotopic (exact) mass is 664 g/mol. The van der Waals surface area contributed by atoms with Crippen LogP contribution in [0.4, 0.5) is 0 Å². The molecule has 9 rings (SSSR count). The third kappa shape index (κ3) is 4.99. The molecule has 0 bridgehead atoms. The third-order valence-corrected chi connectivity index (χ3v) is 12.1. The van der Waals surface area contributed by atoms with E-state index in [1.54, 1.807) is 0 Å². The van der Waals surface area contributed by atoms with Gasteiger partial charge in [-0.2, -0.15) is 0 Å². The van der Waals surface area contributed by atoms with Gasteiger partial charge >= 0.3 is 0 Å². The zero-order valence-electron chi connectivity index (χ0n) is 29.5. The van der Waals surface area contributed by atoms with E-state index >= 15 is 0 Å². The number of rotatable bonds is 9. The van der Waals surface area contributed by atoms with Crippen LogP contribution in [0.5, 0.6) is 0 Å². The second-order valence-corrected chi connectivity index (χ2v) is 14.9. The maximum atomic E-state index is 9.89. The highest BCUT2D eigenvalue weighted by Crippen LogP contribution is 2.55. The van der Waals surface area contributed by atoms with Crippen molar-refractivity contribution >= 4 is 16.3 Å². The fourth-order valence-corrected chi connectivity index (χ4v) is 9.76. The number of aryl methyl sites for hydroxylation is 2. The van der Waals surface area contributed by atoms with E-state index in [4.69, 9.17) is 0 Å². The van der Waals surface area contributed by atoms with Crippen molar-refractivity contribution in [1.29, 1.82) is 0 Å². The minimum absolute atomic E-state index is 0.166. The molecule has 0 radical (unpaired) electrons. The molecule has 3 aliphatic rings. The van der Waals surface area contributed by atoms with Crippen molar-refractivity contribution in [2.45, 2.75) is 57.3 Å². The van der Waals surface area contributed by atoms with Crippen molar-refractivity contribution in [3.63, 3.8) is 0 Å². The maximum Gasteiger partial charge on any atom is 0.0431 e. The third-order valence-electron chi connectivity index (χ3n) is 12.1. The molecule has 51 heavy (non-hydrogen) atoms. The molecule has 6 aromatic carbocycles. The normalized spacial score (nSPS) is 16.2. The van der Waals surface area contributed by atoms with Crippen LogP contribution < -0.4 is 0 Å². The molecular formula is C49H44O2. The summed E-state index contributed by atoms with van der Waals surface area (Å²) in [7, 11) is 0. The molecule has 2 nitrogen and oxygen atoms in total. The van der Waals surface area contributed by atoms with E-state index in [2.05, 4.69) is 141 Å². The lowest BCUT2D eigenvalue weighted by atomic mass is 9.71. The van der Waals surface area contributed by atoms with Gasteiger partial charge in [-0.25, -0.2) is 0 Å². The lowest BCUT2D eigenvalue weighted by Gasteiger charge is -2.32.